The van der Waals surface area contributed by atoms with Gasteiger partial charge in [0, 0.05) is 60.5 Å². The van der Waals surface area contributed by atoms with E-state index in [0.717, 1.165) is 24.0 Å². The Labute approximate surface area is 313 Å². The Morgan fingerprint density at radius 3 is 1.33 bits per heavy atom. The van der Waals surface area contributed by atoms with Crippen molar-refractivity contribution in [2.45, 2.75) is 67.2 Å². The molecule has 10 heteroatoms. The fourth-order valence-corrected chi connectivity index (χ4v) is 9.69. The molecule has 54 heavy (non-hydrogen) atoms. The highest BCUT2D eigenvalue weighted by Crippen LogP contribution is 2.54. The van der Waals surface area contributed by atoms with Gasteiger partial charge in [0.15, 0.2) is 23.1 Å². The minimum absolute atomic E-state index is 0.0945. The summed E-state index contributed by atoms with van der Waals surface area (Å²) in [5.41, 5.74) is 2.40. The van der Waals surface area contributed by atoms with E-state index in [9.17, 15) is 39.0 Å². The van der Waals surface area contributed by atoms with E-state index in [0.29, 0.717) is 24.4 Å². The molecule has 2 N–H and O–H groups in total. The van der Waals surface area contributed by atoms with Crippen molar-refractivity contribution in [2.24, 2.45) is 46.3 Å². The molecule has 0 amide bonds. The first-order valence-corrected chi connectivity index (χ1v) is 18.4. The quantitative estimate of drug-likeness (QED) is 0.232. The van der Waals surface area contributed by atoms with Gasteiger partial charge in [0.25, 0.3) is 0 Å². The fourth-order valence-electron chi connectivity index (χ4n) is 9.69. The Balaban J connectivity index is 0.000000167. The topological polar surface area (TPSA) is 161 Å². The number of ether oxygens (including phenoxy) is 2. The van der Waals surface area contributed by atoms with Gasteiger partial charge in [-0.2, -0.15) is 0 Å². The second-order valence-corrected chi connectivity index (χ2v) is 16.7. The van der Waals surface area contributed by atoms with Gasteiger partial charge in [-0.15, -0.1) is 0 Å². The molecule has 0 saturated heterocycles. The average molecular weight is 733 g/mol. The number of hydrogen-bond donors (Lipinski definition) is 2. The van der Waals surface area contributed by atoms with Gasteiger partial charge in [0.2, 0.25) is 0 Å². The van der Waals surface area contributed by atoms with Gasteiger partial charge < -0.3 is 19.7 Å². The summed E-state index contributed by atoms with van der Waals surface area (Å²) < 4.78 is 11.0. The van der Waals surface area contributed by atoms with E-state index < -0.39 is 47.4 Å². The lowest BCUT2D eigenvalue weighted by molar-refractivity contribution is -0.139. The molecular formula is C44H44O10. The van der Waals surface area contributed by atoms with E-state index in [1.165, 1.54) is 26.0 Å². The van der Waals surface area contributed by atoms with Gasteiger partial charge in [0.05, 0.1) is 11.1 Å². The third kappa shape index (κ3) is 6.25. The lowest BCUT2D eigenvalue weighted by Crippen LogP contribution is -2.46. The van der Waals surface area contributed by atoms with Crippen LogP contribution in [0.5, 0.6) is 11.5 Å². The van der Waals surface area contributed by atoms with E-state index >= 15 is 0 Å². The second-order valence-electron chi connectivity index (χ2n) is 16.7. The van der Waals surface area contributed by atoms with E-state index in [2.05, 4.69) is 27.7 Å². The number of carbonyl (C=O) groups excluding carboxylic acids is 6. The highest BCUT2D eigenvalue weighted by molar-refractivity contribution is 6.18. The number of ketones is 4. The number of aromatic hydroxyl groups is 2. The maximum atomic E-state index is 13.4. The largest absolute Gasteiger partial charge is 0.507 e. The molecule has 0 radical (unpaired) electrons. The number of esters is 2. The van der Waals surface area contributed by atoms with Crippen molar-refractivity contribution in [1.29, 1.82) is 0 Å². The lowest BCUT2D eigenvalue weighted by atomic mass is 9.58. The fraction of sp³-hybridized carbons (Fsp3) is 0.409. The van der Waals surface area contributed by atoms with Gasteiger partial charge in [-0.25, -0.2) is 0 Å². The molecule has 280 valence electrons. The van der Waals surface area contributed by atoms with Gasteiger partial charge in [-0.1, -0.05) is 75.3 Å². The summed E-state index contributed by atoms with van der Waals surface area (Å²) >= 11 is 0. The average Bonchev–Trinajstić information content (AvgIpc) is 3.07. The van der Waals surface area contributed by atoms with Crippen LogP contribution in [0.3, 0.4) is 0 Å². The molecule has 6 aliphatic rings. The Morgan fingerprint density at radius 2 is 0.981 bits per heavy atom. The summed E-state index contributed by atoms with van der Waals surface area (Å²) in [5, 5.41) is 20.5. The molecule has 10 nitrogen and oxygen atoms in total. The summed E-state index contributed by atoms with van der Waals surface area (Å²) in [4.78, 5) is 76.2. The SMILES string of the molecule is CC(=O)OC1=CC(C)(C)CC2=CC[C@@H]3C(=O)c4cccc(O)c4C(=O)[C@@H]3[C@@H]21.CC(=O)OC1=CC(C)(C)CC2=CC[C@@H]3C(=O)c4cccc(O)c4C(=O)[C@@H]3[C@@H]21. The summed E-state index contributed by atoms with van der Waals surface area (Å²) in [5.74, 6) is -4.29. The molecule has 8 rings (SSSR count). The first kappa shape index (κ1) is 37.0. The summed E-state index contributed by atoms with van der Waals surface area (Å²) in [6.07, 6.45) is 10.3. The Bertz CT molecular complexity index is 2020. The third-order valence-corrected chi connectivity index (χ3v) is 11.6. The number of phenolic OH excluding ortho intramolecular Hbond substituents is 2. The van der Waals surface area contributed by atoms with E-state index in [-0.39, 0.29) is 67.7 Å². The number of fused-ring (bicyclic) bond motifs is 8. The van der Waals surface area contributed by atoms with Crippen LogP contribution in [0.2, 0.25) is 0 Å². The zero-order chi connectivity index (χ0) is 39.0. The van der Waals surface area contributed by atoms with Crippen molar-refractivity contribution >= 4 is 35.1 Å². The predicted octanol–water partition coefficient (Wildman–Crippen LogP) is 7.65. The number of carbonyl (C=O) groups is 6. The van der Waals surface area contributed by atoms with Crippen LogP contribution < -0.4 is 0 Å². The van der Waals surface area contributed by atoms with Gasteiger partial charge in [-0.3, -0.25) is 28.8 Å². The zero-order valence-corrected chi connectivity index (χ0v) is 31.2. The van der Waals surface area contributed by atoms with Gasteiger partial charge in [0.1, 0.15) is 23.0 Å². The van der Waals surface area contributed by atoms with Crippen LogP contribution in [0.1, 0.15) is 109 Å². The monoisotopic (exact) mass is 732 g/mol. The molecule has 2 aromatic rings. The first-order valence-electron chi connectivity index (χ1n) is 18.4. The number of Topliss-reactive ketones (excluding diaryl/α,β-unsaturated/α-hetero) is 4. The van der Waals surface area contributed by atoms with Crippen LogP contribution in [0.15, 0.2) is 83.4 Å². The molecule has 0 bridgehead atoms. The first-order chi connectivity index (χ1) is 25.4. The molecule has 0 fully saturated rings. The van der Waals surface area contributed by atoms with E-state index in [4.69, 9.17) is 9.47 Å². The number of phenols is 2. The summed E-state index contributed by atoms with van der Waals surface area (Å²) in [6, 6.07) is 9.21. The van der Waals surface area contributed by atoms with Gasteiger partial charge >= 0.3 is 11.9 Å². The molecule has 6 aliphatic carbocycles. The highest BCUT2D eigenvalue weighted by atomic mass is 16.5. The Morgan fingerprint density at radius 1 is 0.611 bits per heavy atom. The molecule has 6 atom stereocenters. The van der Waals surface area contributed by atoms with Crippen LogP contribution in [-0.2, 0) is 19.1 Å². The number of hydrogen-bond acceptors (Lipinski definition) is 10. The number of benzene rings is 2. The second kappa shape index (κ2) is 13.2. The van der Waals surface area contributed by atoms with Crippen LogP contribution in [0, 0.1) is 46.3 Å². The third-order valence-electron chi connectivity index (χ3n) is 11.6. The molecule has 0 saturated carbocycles. The maximum Gasteiger partial charge on any atom is 0.307 e. The van der Waals surface area contributed by atoms with Crippen LogP contribution in [-0.4, -0.2) is 45.3 Å². The van der Waals surface area contributed by atoms with Crippen LogP contribution >= 0.6 is 0 Å². The highest BCUT2D eigenvalue weighted by Gasteiger charge is 2.54. The van der Waals surface area contributed by atoms with Crippen LogP contribution in [0.4, 0.5) is 0 Å². The van der Waals surface area contributed by atoms with Crippen LogP contribution in [0.25, 0.3) is 0 Å². The molecule has 2 aromatic carbocycles. The molecular weight excluding hydrogens is 688 g/mol. The minimum atomic E-state index is -0.653. The number of rotatable bonds is 2. The molecule has 0 unspecified atom stereocenters. The van der Waals surface area contributed by atoms with Crippen molar-refractivity contribution < 1.29 is 48.5 Å². The molecule has 0 spiro atoms. The maximum absolute atomic E-state index is 13.4. The Hall–Kier alpha value is -5.38. The minimum Gasteiger partial charge on any atom is -0.507 e. The van der Waals surface area contributed by atoms with Crippen molar-refractivity contribution in [2.75, 3.05) is 0 Å². The number of allylic oxidation sites excluding steroid dienone is 6. The summed E-state index contributed by atoms with van der Waals surface area (Å²) in [7, 11) is 0. The molecule has 0 aromatic heterocycles. The Kier molecular flexibility index (Phi) is 9.02. The van der Waals surface area contributed by atoms with Crippen molar-refractivity contribution in [1.82, 2.24) is 0 Å². The smallest absolute Gasteiger partial charge is 0.307 e. The van der Waals surface area contributed by atoms with Crippen molar-refractivity contribution in [3.05, 3.63) is 106 Å². The van der Waals surface area contributed by atoms with E-state index in [1.54, 1.807) is 24.3 Å². The lowest BCUT2D eigenvalue weighted by Gasteiger charge is -2.44. The summed E-state index contributed by atoms with van der Waals surface area (Å²) in [6.45, 7) is 10.9. The zero-order valence-electron chi connectivity index (χ0n) is 31.2. The molecule has 0 aliphatic heterocycles. The van der Waals surface area contributed by atoms with Crippen molar-refractivity contribution in [3.8, 4) is 11.5 Å². The van der Waals surface area contributed by atoms with Crippen molar-refractivity contribution in [3.63, 3.8) is 0 Å². The van der Waals surface area contributed by atoms with Gasteiger partial charge in [-0.05, 0) is 60.8 Å². The normalized spacial score (nSPS) is 28.3. The molecule has 0 heterocycles. The predicted molar refractivity (Wildman–Crippen MR) is 196 cm³/mol. The van der Waals surface area contributed by atoms with E-state index in [1.807, 2.05) is 24.3 Å². The standard InChI is InChI=1S/2C22H22O5/c2*1-11(23)27-16-10-22(2,3)9-12-7-8-14-19(17(12)16)21(26)18-13(20(14)25)5-4-6-15(18)24/h2*4-7,10,14,17,19,24H,8-9H2,1-3H3/t2*14-,17-,19-/m00/s1.